The lowest BCUT2D eigenvalue weighted by Gasteiger charge is -2.10. The molecule has 0 saturated heterocycles. The van der Waals surface area contributed by atoms with E-state index in [0.29, 0.717) is 18.5 Å². The summed E-state index contributed by atoms with van der Waals surface area (Å²) in [6.45, 7) is 3.80. The van der Waals surface area contributed by atoms with Gasteiger partial charge in [-0.15, -0.1) is 0 Å². The van der Waals surface area contributed by atoms with Gasteiger partial charge in [-0.3, -0.25) is 4.79 Å². The van der Waals surface area contributed by atoms with Gasteiger partial charge in [0, 0.05) is 25.1 Å². The summed E-state index contributed by atoms with van der Waals surface area (Å²) in [5.74, 6) is 1.72. The second-order valence-corrected chi connectivity index (χ2v) is 8.02. The van der Waals surface area contributed by atoms with Gasteiger partial charge in [0.2, 0.25) is 0 Å². The first-order valence-electron chi connectivity index (χ1n) is 11.6. The van der Waals surface area contributed by atoms with Crippen molar-refractivity contribution in [2.45, 2.75) is 64.8 Å². The summed E-state index contributed by atoms with van der Waals surface area (Å²) in [6, 6.07) is 15.5. The number of hydrogen-bond acceptors (Lipinski definition) is 3. The number of para-hydroxylation sites is 2. The second-order valence-electron chi connectivity index (χ2n) is 8.02. The Bertz CT molecular complexity index is 947. The average molecular weight is 422 g/mol. The molecule has 0 radical (unpaired) electrons. The number of fused-ring (bicyclic) bond motifs is 1. The Kier molecular flexibility index (Phi) is 8.95. The van der Waals surface area contributed by atoms with Crippen LogP contribution in [0.1, 0.15) is 68.1 Å². The highest BCUT2D eigenvalue weighted by atomic mass is 16.5. The molecule has 5 nitrogen and oxygen atoms in total. The number of hydrogen-bond donors (Lipinski definition) is 1. The highest BCUT2D eigenvalue weighted by molar-refractivity contribution is 5.94. The molecule has 0 bridgehead atoms. The third kappa shape index (κ3) is 6.58. The van der Waals surface area contributed by atoms with Crippen molar-refractivity contribution in [1.29, 1.82) is 0 Å². The van der Waals surface area contributed by atoms with E-state index in [-0.39, 0.29) is 5.91 Å². The number of carbonyl (C=O) groups excluding carboxylic acids is 1. The van der Waals surface area contributed by atoms with E-state index in [1.165, 1.54) is 44.0 Å². The zero-order valence-corrected chi connectivity index (χ0v) is 18.9. The van der Waals surface area contributed by atoms with Gasteiger partial charge >= 0.3 is 0 Å². The summed E-state index contributed by atoms with van der Waals surface area (Å²) in [5.41, 5.74) is 2.85. The van der Waals surface area contributed by atoms with E-state index in [0.717, 1.165) is 30.1 Å². The first kappa shape index (κ1) is 22.9. The minimum atomic E-state index is -0.0719. The van der Waals surface area contributed by atoms with Gasteiger partial charge in [0.25, 0.3) is 5.91 Å². The van der Waals surface area contributed by atoms with Gasteiger partial charge in [0.05, 0.1) is 18.1 Å². The van der Waals surface area contributed by atoms with Crippen LogP contribution in [0.3, 0.4) is 0 Å². The molecule has 0 aliphatic heterocycles. The molecule has 0 atom stereocenters. The minimum absolute atomic E-state index is 0.0719. The maximum atomic E-state index is 12.4. The number of methoxy groups -OCH3 is 1. The normalized spacial score (nSPS) is 11.0. The van der Waals surface area contributed by atoms with Crippen LogP contribution in [0.15, 0.2) is 48.5 Å². The topological polar surface area (TPSA) is 56.2 Å². The molecule has 3 aromatic rings. The van der Waals surface area contributed by atoms with Crippen molar-refractivity contribution >= 4 is 16.9 Å². The Labute approximate surface area is 185 Å². The highest BCUT2D eigenvalue weighted by Gasteiger charge is 2.11. The minimum Gasteiger partial charge on any atom is -0.497 e. The largest absolute Gasteiger partial charge is 0.497 e. The molecular formula is C26H35N3O2. The average Bonchev–Trinajstić information content (AvgIpc) is 3.16. The fraction of sp³-hybridized carbons (Fsp3) is 0.462. The summed E-state index contributed by atoms with van der Waals surface area (Å²) < 4.78 is 7.49. The molecule has 31 heavy (non-hydrogen) atoms. The number of imidazole rings is 1. The molecule has 166 valence electrons. The summed E-state index contributed by atoms with van der Waals surface area (Å²) in [7, 11) is 1.62. The summed E-state index contributed by atoms with van der Waals surface area (Å²) in [4.78, 5) is 17.3. The van der Waals surface area contributed by atoms with Crippen molar-refractivity contribution in [1.82, 2.24) is 14.9 Å². The molecular weight excluding hydrogens is 386 g/mol. The Morgan fingerprint density at radius 2 is 1.68 bits per heavy atom. The molecule has 0 aliphatic carbocycles. The van der Waals surface area contributed by atoms with Crippen LogP contribution < -0.4 is 10.1 Å². The smallest absolute Gasteiger partial charge is 0.251 e. The maximum absolute atomic E-state index is 12.4. The van der Waals surface area contributed by atoms with E-state index in [4.69, 9.17) is 9.72 Å². The van der Waals surface area contributed by atoms with Gasteiger partial charge in [-0.1, -0.05) is 57.6 Å². The van der Waals surface area contributed by atoms with Crippen LogP contribution >= 0.6 is 0 Å². The van der Waals surface area contributed by atoms with E-state index in [1.807, 2.05) is 6.07 Å². The molecule has 0 unspecified atom stereocenters. The molecule has 1 amide bonds. The number of aromatic nitrogens is 2. The zero-order valence-electron chi connectivity index (χ0n) is 18.9. The molecule has 1 aromatic heterocycles. The van der Waals surface area contributed by atoms with Gasteiger partial charge in [-0.05, 0) is 42.8 Å². The summed E-state index contributed by atoms with van der Waals surface area (Å²) in [6.07, 6.45) is 9.76. The molecule has 2 aromatic carbocycles. The summed E-state index contributed by atoms with van der Waals surface area (Å²) in [5, 5.41) is 3.02. The van der Waals surface area contributed by atoms with Crippen LogP contribution in [0.2, 0.25) is 0 Å². The maximum Gasteiger partial charge on any atom is 0.251 e. The Balaban J connectivity index is 1.55. The first-order valence-corrected chi connectivity index (χ1v) is 11.6. The van der Waals surface area contributed by atoms with Crippen molar-refractivity contribution in [3.63, 3.8) is 0 Å². The standard InChI is InChI=1S/C26H35N3O2/c1-3-4-5-6-7-8-11-20-29-24-13-10-9-12-23(24)28-25(29)18-19-27-26(30)21-14-16-22(31-2)17-15-21/h9-10,12-17H,3-8,11,18-20H2,1-2H3,(H,27,30). The van der Waals surface area contributed by atoms with Crippen LogP contribution in [0.4, 0.5) is 0 Å². The SMILES string of the molecule is CCCCCCCCCn1c(CCNC(=O)c2ccc(OC)cc2)nc2ccccc21. The molecule has 0 fully saturated rings. The fourth-order valence-corrected chi connectivity index (χ4v) is 3.93. The zero-order chi connectivity index (χ0) is 21.9. The molecule has 1 N–H and O–H groups in total. The van der Waals surface area contributed by atoms with E-state index >= 15 is 0 Å². The highest BCUT2D eigenvalue weighted by Crippen LogP contribution is 2.18. The van der Waals surface area contributed by atoms with E-state index in [2.05, 4.69) is 35.0 Å². The first-order chi connectivity index (χ1) is 15.2. The number of ether oxygens (including phenoxy) is 1. The van der Waals surface area contributed by atoms with Crippen molar-refractivity contribution in [3.05, 3.63) is 59.9 Å². The van der Waals surface area contributed by atoms with Crippen molar-refractivity contribution in [2.75, 3.05) is 13.7 Å². The summed E-state index contributed by atoms with van der Waals surface area (Å²) >= 11 is 0. The van der Waals surface area contributed by atoms with Crippen LogP contribution in [0.25, 0.3) is 11.0 Å². The van der Waals surface area contributed by atoms with E-state index < -0.39 is 0 Å². The molecule has 1 heterocycles. The van der Waals surface area contributed by atoms with Crippen molar-refractivity contribution in [2.24, 2.45) is 0 Å². The lowest BCUT2D eigenvalue weighted by molar-refractivity contribution is 0.0954. The number of rotatable bonds is 13. The third-order valence-electron chi connectivity index (χ3n) is 5.71. The van der Waals surface area contributed by atoms with Crippen molar-refractivity contribution in [3.8, 4) is 5.75 Å². The Morgan fingerprint density at radius 3 is 2.42 bits per heavy atom. The van der Waals surface area contributed by atoms with Crippen molar-refractivity contribution < 1.29 is 9.53 Å². The molecule has 0 aliphatic rings. The molecule has 0 saturated carbocycles. The van der Waals surface area contributed by atoms with Crippen LogP contribution in [-0.2, 0) is 13.0 Å². The second kappa shape index (κ2) is 12.1. The van der Waals surface area contributed by atoms with E-state index in [9.17, 15) is 4.79 Å². The molecule has 0 spiro atoms. The predicted octanol–water partition coefficient (Wildman–Crippen LogP) is 5.77. The third-order valence-corrected chi connectivity index (χ3v) is 5.71. The van der Waals surface area contributed by atoms with Gasteiger partial charge in [-0.2, -0.15) is 0 Å². The van der Waals surface area contributed by atoms with Crippen LogP contribution in [-0.4, -0.2) is 29.1 Å². The van der Waals surface area contributed by atoms with Gasteiger partial charge in [-0.25, -0.2) is 4.98 Å². The fourth-order valence-electron chi connectivity index (χ4n) is 3.93. The number of carbonyl (C=O) groups is 1. The quantitative estimate of drug-likeness (QED) is 0.357. The number of aryl methyl sites for hydroxylation is 1. The van der Waals surface area contributed by atoms with Crippen LogP contribution in [0, 0.1) is 0 Å². The lowest BCUT2D eigenvalue weighted by atomic mass is 10.1. The van der Waals surface area contributed by atoms with Gasteiger partial charge in [0.1, 0.15) is 11.6 Å². The van der Waals surface area contributed by atoms with Crippen LogP contribution in [0.5, 0.6) is 5.75 Å². The predicted molar refractivity (Wildman–Crippen MR) is 127 cm³/mol. The Hall–Kier alpha value is -2.82. The Morgan fingerprint density at radius 1 is 0.968 bits per heavy atom. The number of nitrogens with zero attached hydrogens (tertiary/aromatic N) is 2. The molecule has 5 heteroatoms. The number of benzene rings is 2. The van der Waals surface area contributed by atoms with E-state index in [1.54, 1.807) is 31.4 Å². The molecule has 3 rings (SSSR count). The number of nitrogens with one attached hydrogen (secondary N) is 1. The monoisotopic (exact) mass is 421 g/mol. The van der Waals surface area contributed by atoms with Gasteiger partial charge < -0.3 is 14.6 Å². The van der Waals surface area contributed by atoms with Gasteiger partial charge in [0.15, 0.2) is 0 Å². The number of unbranched alkanes of at least 4 members (excludes halogenated alkanes) is 6. The lowest BCUT2D eigenvalue weighted by Crippen LogP contribution is -2.26. The number of amides is 1.